The van der Waals surface area contributed by atoms with E-state index in [2.05, 4.69) is 44.1 Å². The Kier molecular flexibility index (Phi) is 3.48. The van der Waals surface area contributed by atoms with Crippen LogP contribution in [-0.2, 0) is 4.79 Å². The number of anilines is 1. The van der Waals surface area contributed by atoms with Crippen molar-refractivity contribution in [3.63, 3.8) is 0 Å². The Bertz CT molecular complexity index is 527. The molecular formula is C16H22N2O. The highest BCUT2D eigenvalue weighted by molar-refractivity contribution is 5.96. The minimum absolute atomic E-state index is 0.0578. The Balaban J connectivity index is 2.10. The molecule has 0 aliphatic heterocycles. The van der Waals surface area contributed by atoms with Crippen LogP contribution in [0, 0.1) is 24.2 Å². The van der Waals surface area contributed by atoms with E-state index in [-0.39, 0.29) is 17.2 Å². The molecule has 0 bridgehead atoms. The van der Waals surface area contributed by atoms with Gasteiger partial charge in [-0.15, -0.1) is 0 Å². The molecule has 1 fully saturated rings. The average molecular weight is 258 g/mol. The quantitative estimate of drug-likeness (QED) is 0.842. The Morgan fingerprint density at radius 3 is 2.68 bits per heavy atom. The molecule has 3 heteroatoms. The summed E-state index contributed by atoms with van der Waals surface area (Å²) in [5.41, 5.74) is 3.18. The molecule has 0 saturated heterocycles. The largest absolute Gasteiger partial charge is 0.325 e. The molecule has 0 aromatic carbocycles. The van der Waals surface area contributed by atoms with Crippen molar-refractivity contribution in [2.24, 2.45) is 17.3 Å². The van der Waals surface area contributed by atoms with E-state index in [9.17, 15) is 4.79 Å². The summed E-state index contributed by atoms with van der Waals surface area (Å²) >= 11 is 0. The van der Waals surface area contributed by atoms with Crippen LogP contribution in [0.15, 0.2) is 30.1 Å². The first-order valence-electron chi connectivity index (χ1n) is 6.70. The van der Waals surface area contributed by atoms with Crippen LogP contribution in [0.5, 0.6) is 0 Å². The molecule has 1 aliphatic rings. The molecule has 102 valence electrons. The molecule has 3 nitrogen and oxygen atoms in total. The van der Waals surface area contributed by atoms with E-state index in [0.29, 0.717) is 5.92 Å². The molecule has 0 spiro atoms. The molecule has 2 atom stereocenters. The van der Waals surface area contributed by atoms with Crippen molar-refractivity contribution in [3.05, 3.63) is 35.7 Å². The Labute approximate surface area is 115 Å². The van der Waals surface area contributed by atoms with Crippen LogP contribution in [0.4, 0.5) is 5.69 Å². The monoisotopic (exact) mass is 258 g/mol. The molecule has 1 N–H and O–H groups in total. The number of aryl methyl sites for hydroxylation is 1. The van der Waals surface area contributed by atoms with Gasteiger partial charge >= 0.3 is 0 Å². The summed E-state index contributed by atoms with van der Waals surface area (Å²) in [7, 11) is 0. The van der Waals surface area contributed by atoms with Gasteiger partial charge in [-0.05, 0) is 43.7 Å². The molecule has 19 heavy (non-hydrogen) atoms. The van der Waals surface area contributed by atoms with Crippen LogP contribution in [0.3, 0.4) is 0 Å². The fraction of sp³-hybridized carbons (Fsp3) is 0.500. The highest BCUT2D eigenvalue weighted by atomic mass is 16.2. The van der Waals surface area contributed by atoms with Gasteiger partial charge in [-0.2, -0.15) is 0 Å². The van der Waals surface area contributed by atoms with Gasteiger partial charge in [0, 0.05) is 18.1 Å². The zero-order chi connectivity index (χ0) is 14.2. The van der Waals surface area contributed by atoms with Gasteiger partial charge in [-0.25, -0.2) is 0 Å². The van der Waals surface area contributed by atoms with Crippen molar-refractivity contribution in [1.29, 1.82) is 0 Å². The van der Waals surface area contributed by atoms with Crippen molar-refractivity contribution in [3.8, 4) is 0 Å². The Morgan fingerprint density at radius 1 is 1.42 bits per heavy atom. The molecule has 0 radical (unpaired) electrons. The topological polar surface area (TPSA) is 42.0 Å². The van der Waals surface area contributed by atoms with E-state index in [1.165, 1.54) is 5.57 Å². The van der Waals surface area contributed by atoms with E-state index < -0.39 is 0 Å². The van der Waals surface area contributed by atoms with Crippen molar-refractivity contribution >= 4 is 11.6 Å². The van der Waals surface area contributed by atoms with Gasteiger partial charge in [0.2, 0.25) is 5.91 Å². The third-order valence-electron chi connectivity index (χ3n) is 3.98. The summed E-state index contributed by atoms with van der Waals surface area (Å²) in [5.74, 6) is 0.524. The molecule has 1 aromatic rings. The first-order valence-corrected chi connectivity index (χ1v) is 6.70. The molecule has 1 heterocycles. The van der Waals surface area contributed by atoms with E-state index in [0.717, 1.165) is 11.3 Å². The molecular weight excluding hydrogens is 236 g/mol. The van der Waals surface area contributed by atoms with Gasteiger partial charge in [-0.3, -0.25) is 9.78 Å². The van der Waals surface area contributed by atoms with E-state index in [1.54, 1.807) is 12.4 Å². The van der Waals surface area contributed by atoms with Gasteiger partial charge in [0.1, 0.15) is 0 Å². The van der Waals surface area contributed by atoms with Gasteiger partial charge < -0.3 is 5.32 Å². The number of hydrogen-bond acceptors (Lipinski definition) is 2. The molecule has 1 aliphatic carbocycles. The van der Waals surface area contributed by atoms with Crippen LogP contribution in [0.1, 0.15) is 33.3 Å². The van der Waals surface area contributed by atoms with Crippen LogP contribution >= 0.6 is 0 Å². The minimum atomic E-state index is 0.0578. The maximum absolute atomic E-state index is 12.4. The number of aromatic nitrogens is 1. The van der Waals surface area contributed by atoms with Crippen LogP contribution in [0.2, 0.25) is 0 Å². The van der Waals surface area contributed by atoms with Gasteiger partial charge in [0.15, 0.2) is 0 Å². The summed E-state index contributed by atoms with van der Waals surface area (Å²) < 4.78 is 0. The first-order chi connectivity index (χ1) is 8.84. The van der Waals surface area contributed by atoms with Gasteiger partial charge in [0.25, 0.3) is 0 Å². The van der Waals surface area contributed by atoms with Gasteiger partial charge in [0.05, 0.1) is 5.92 Å². The summed E-state index contributed by atoms with van der Waals surface area (Å²) in [6, 6.07) is 1.85. The maximum Gasteiger partial charge on any atom is 0.228 e. The number of hydrogen-bond donors (Lipinski definition) is 1. The van der Waals surface area contributed by atoms with Crippen LogP contribution in [0.25, 0.3) is 0 Å². The lowest BCUT2D eigenvalue weighted by atomic mass is 10.1. The second-order valence-electron chi connectivity index (χ2n) is 6.25. The maximum atomic E-state index is 12.4. The summed E-state index contributed by atoms with van der Waals surface area (Å²) in [4.78, 5) is 16.4. The van der Waals surface area contributed by atoms with Crippen molar-refractivity contribution in [1.82, 2.24) is 4.98 Å². The SMILES string of the molecule is CC(C)=C[C@H]1[C@H](C(=O)Nc2ccncc2C)C1(C)C. The van der Waals surface area contributed by atoms with Crippen molar-refractivity contribution < 1.29 is 4.79 Å². The predicted octanol–water partition coefficient (Wildman–Crippen LogP) is 3.57. The smallest absolute Gasteiger partial charge is 0.228 e. The second-order valence-corrected chi connectivity index (χ2v) is 6.25. The summed E-state index contributed by atoms with van der Waals surface area (Å²) in [5, 5.41) is 3.02. The van der Waals surface area contributed by atoms with Crippen LogP contribution < -0.4 is 5.32 Å². The highest BCUT2D eigenvalue weighted by Gasteiger charge is 2.60. The minimum Gasteiger partial charge on any atom is -0.325 e. The van der Waals surface area contributed by atoms with E-state index in [4.69, 9.17) is 0 Å². The predicted molar refractivity (Wildman–Crippen MR) is 77.8 cm³/mol. The number of allylic oxidation sites excluding steroid dienone is 2. The lowest BCUT2D eigenvalue weighted by molar-refractivity contribution is -0.118. The number of carbonyl (C=O) groups excluding carboxylic acids is 1. The number of nitrogens with one attached hydrogen (secondary N) is 1. The molecule has 1 amide bonds. The van der Waals surface area contributed by atoms with Crippen molar-refractivity contribution in [2.45, 2.75) is 34.6 Å². The number of pyridine rings is 1. The summed E-state index contributed by atoms with van der Waals surface area (Å²) in [6.07, 6.45) is 5.68. The average Bonchev–Trinajstić information content (AvgIpc) is 2.82. The first kappa shape index (κ1) is 13.8. The zero-order valence-electron chi connectivity index (χ0n) is 12.3. The van der Waals surface area contributed by atoms with Crippen molar-refractivity contribution in [2.75, 3.05) is 5.32 Å². The standard InChI is InChI=1S/C16H22N2O/c1-10(2)8-12-14(16(12,4)5)15(19)18-13-6-7-17-9-11(13)3/h6-9,12,14H,1-5H3,(H,17,18,19)/t12-,14+/m0/s1. The number of nitrogens with zero attached hydrogens (tertiary/aromatic N) is 1. The third-order valence-corrected chi connectivity index (χ3v) is 3.98. The Hall–Kier alpha value is -1.64. The lowest BCUT2D eigenvalue weighted by Crippen LogP contribution is -2.17. The highest BCUT2D eigenvalue weighted by Crippen LogP contribution is 2.59. The molecule has 1 aromatic heterocycles. The number of amides is 1. The molecule has 1 saturated carbocycles. The van der Waals surface area contributed by atoms with E-state index >= 15 is 0 Å². The summed E-state index contributed by atoms with van der Waals surface area (Å²) in [6.45, 7) is 10.4. The zero-order valence-corrected chi connectivity index (χ0v) is 12.3. The Morgan fingerprint density at radius 2 is 2.11 bits per heavy atom. The van der Waals surface area contributed by atoms with Crippen LogP contribution in [-0.4, -0.2) is 10.9 Å². The third kappa shape index (κ3) is 2.70. The normalized spacial score (nSPS) is 23.6. The fourth-order valence-electron chi connectivity index (χ4n) is 2.67. The number of rotatable bonds is 3. The molecule has 0 unspecified atom stereocenters. The van der Waals surface area contributed by atoms with E-state index in [1.807, 2.05) is 13.0 Å². The van der Waals surface area contributed by atoms with Gasteiger partial charge in [-0.1, -0.05) is 25.5 Å². The fourth-order valence-corrected chi connectivity index (χ4v) is 2.67. The second kappa shape index (κ2) is 4.80. The molecule has 2 rings (SSSR count). The lowest BCUT2D eigenvalue weighted by Gasteiger charge is -2.08. The number of carbonyl (C=O) groups is 1.